The van der Waals surface area contributed by atoms with E-state index in [1.54, 1.807) is 0 Å². The molecule has 0 aliphatic heterocycles. The van der Waals surface area contributed by atoms with Gasteiger partial charge in [0.05, 0.1) is 0 Å². The second-order valence-corrected chi connectivity index (χ2v) is 4.23. The van der Waals surface area contributed by atoms with Gasteiger partial charge in [0.15, 0.2) is 6.29 Å². The van der Waals surface area contributed by atoms with E-state index >= 15 is 0 Å². The summed E-state index contributed by atoms with van der Waals surface area (Å²) in [5.41, 5.74) is 3.08. The van der Waals surface area contributed by atoms with E-state index in [0.29, 0.717) is 0 Å². The van der Waals surface area contributed by atoms with Gasteiger partial charge in [-0.05, 0) is 21.9 Å². The number of carbonyl (C=O) groups is 1. The first-order chi connectivity index (χ1) is 8.90. The predicted molar refractivity (Wildman–Crippen MR) is 74.8 cm³/mol. The van der Waals surface area contributed by atoms with Crippen LogP contribution in [0.15, 0.2) is 66.7 Å². The van der Waals surface area contributed by atoms with Crippen LogP contribution in [-0.4, -0.2) is 6.29 Å². The molecule has 3 aromatic carbocycles. The fourth-order valence-electron chi connectivity index (χ4n) is 2.29. The quantitative estimate of drug-likeness (QED) is 0.601. The maximum Gasteiger partial charge on any atom is 0.150 e. The molecule has 0 N–H and O–H groups in total. The molecule has 0 fully saturated rings. The number of fused-ring (bicyclic) bond motifs is 1. The van der Waals surface area contributed by atoms with Gasteiger partial charge >= 0.3 is 0 Å². The molecule has 0 aliphatic carbocycles. The molecular weight excluding hydrogens is 220 g/mol. The molecule has 18 heavy (non-hydrogen) atoms. The van der Waals surface area contributed by atoms with E-state index < -0.39 is 0 Å². The summed E-state index contributed by atoms with van der Waals surface area (Å²) >= 11 is 0. The third-order valence-corrected chi connectivity index (χ3v) is 3.17. The Morgan fingerprint density at radius 3 is 2.06 bits per heavy atom. The van der Waals surface area contributed by atoms with Crippen LogP contribution in [0.2, 0.25) is 0 Å². The first-order valence-corrected chi connectivity index (χ1v) is 5.92. The molecule has 3 aromatic rings. The van der Waals surface area contributed by atoms with Gasteiger partial charge in [0.25, 0.3) is 0 Å². The fourth-order valence-corrected chi connectivity index (χ4v) is 2.29. The average Bonchev–Trinajstić information content (AvgIpc) is 2.47. The van der Waals surface area contributed by atoms with E-state index in [1.165, 1.54) is 5.56 Å². The van der Waals surface area contributed by atoms with Crippen LogP contribution in [0.1, 0.15) is 10.4 Å². The summed E-state index contributed by atoms with van der Waals surface area (Å²) in [4.78, 5) is 11.1. The van der Waals surface area contributed by atoms with Crippen molar-refractivity contribution in [2.45, 2.75) is 0 Å². The van der Waals surface area contributed by atoms with Gasteiger partial charge in [-0.3, -0.25) is 4.79 Å². The highest BCUT2D eigenvalue weighted by atomic mass is 16.1. The number of hydrogen-bond donors (Lipinski definition) is 0. The molecule has 3 rings (SSSR count). The third kappa shape index (κ3) is 1.70. The van der Waals surface area contributed by atoms with Crippen molar-refractivity contribution in [2.75, 3.05) is 0 Å². The fraction of sp³-hybridized carbons (Fsp3) is 0. The molecule has 1 nitrogen and oxygen atoms in total. The van der Waals surface area contributed by atoms with E-state index in [2.05, 4.69) is 18.2 Å². The largest absolute Gasteiger partial charge is 0.298 e. The molecule has 0 radical (unpaired) electrons. The molecule has 0 atom stereocenters. The minimum atomic E-state index is 0.741. The van der Waals surface area contributed by atoms with Crippen molar-refractivity contribution in [1.29, 1.82) is 0 Å². The highest BCUT2D eigenvalue weighted by Gasteiger charge is 2.06. The summed E-state index contributed by atoms with van der Waals surface area (Å²) in [7, 11) is 0. The Labute approximate surface area is 106 Å². The van der Waals surface area contributed by atoms with Crippen LogP contribution in [0.3, 0.4) is 0 Å². The van der Waals surface area contributed by atoms with Crippen LogP contribution < -0.4 is 0 Å². The summed E-state index contributed by atoms with van der Waals surface area (Å²) in [6, 6.07) is 22.1. The molecule has 86 valence electrons. The van der Waals surface area contributed by atoms with Gasteiger partial charge in [0, 0.05) is 5.56 Å². The second kappa shape index (κ2) is 4.46. The van der Waals surface area contributed by atoms with Gasteiger partial charge in [-0.25, -0.2) is 0 Å². The minimum Gasteiger partial charge on any atom is -0.298 e. The van der Waals surface area contributed by atoms with E-state index in [4.69, 9.17) is 0 Å². The SMILES string of the molecule is O=Cc1ccc(-c2ccccc2)c2ccccc12. The Morgan fingerprint density at radius 1 is 0.667 bits per heavy atom. The molecule has 1 heteroatoms. The Balaban J connectivity index is 2.35. The van der Waals surface area contributed by atoms with Crippen molar-refractivity contribution in [3.05, 3.63) is 72.3 Å². The van der Waals surface area contributed by atoms with Gasteiger partial charge in [-0.1, -0.05) is 66.7 Å². The average molecular weight is 232 g/mol. The van der Waals surface area contributed by atoms with Crippen LogP contribution in [0, 0.1) is 0 Å². The smallest absolute Gasteiger partial charge is 0.150 e. The predicted octanol–water partition coefficient (Wildman–Crippen LogP) is 4.32. The highest BCUT2D eigenvalue weighted by Crippen LogP contribution is 2.29. The maximum atomic E-state index is 11.1. The Kier molecular flexibility index (Phi) is 2.66. The van der Waals surface area contributed by atoms with Gasteiger partial charge in [-0.15, -0.1) is 0 Å². The molecular formula is C17H12O. The zero-order chi connectivity index (χ0) is 12.4. The van der Waals surface area contributed by atoms with E-state index in [-0.39, 0.29) is 0 Å². The van der Waals surface area contributed by atoms with Crippen LogP contribution in [0.5, 0.6) is 0 Å². The monoisotopic (exact) mass is 232 g/mol. The molecule has 0 saturated carbocycles. The first-order valence-electron chi connectivity index (χ1n) is 5.92. The van der Waals surface area contributed by atoms with Crippen LogP contribution in [0.4, 0.5) is 0 Å². The van der Waals surface area contributed by atoms with Crippen molar-refractivity contribution in [1.82, 2.24) is 0 Å². The van der Waals surface area contributed by atoms with E-state index in [9.17, 15) is 4.79 Å². The summed E-state index contributed by atoms with van der Waals surface area (Å²) in [5.74, 6) is 0. The van der Waals surface area contributed by atoms with Crippen molar-refractivity contribution in [3.63, 3.8) is 0 Å². The molecule has 0 aromatic heterocycles. The molecule has 0 saturated heterocycles. The van der Waals surface area contributed by atoms with E-state index in [0.717, 1.165) is 28.2 Å². The van der Waals surface area contributed by atoms with E-state index in [1.807, 2.05) is 48.5 Å². The maximum absolute atomic E-state index is 11.1. The van der Waals surface area contributed by atoms with Crippen molar-refractivity contribution < 1.29 is 4.79 Å². The summed E-state index contributed by atoms with van der Waals surface area (Å²) < 4.78 is 0. The number of aldehydes is 1. The zero-order valence-corrected chi connectivity index (χ0v) is 9.84. The Hall–Kier alpha value is -2.41. The number of benzene rings is 3. The van der Waals surface area contributed by atoms with Gasteiger partial charge in [0.1, 0.15) is 0 Å². The number of rotatable bonds is 2. The van der Waals surface area contributed by atoms with Gasteiger partial charge < -0.3 is 0 Å². The number of hydrogen-bond acceptors (Lipinski definition) is 1. The zero-order valence-electron chi connectivity index (χ0n) is 9.84. The van der Waals surface area contributed by atoms with Gasteiger partial charge in [0.2, 0.25) is 0 Å². The number of carbonyl (C=O) groups excluding carboxylic acids is 1. The molecule has 0 amide bonds. The molecule has 0 bridgehead atoms. The normalized spacial score (nSPS) is 10.4. The second-order valence-electron chi connectivity index (χ2n) is 4.23. The van der Waals surface area contributed by atoms with Crippen LogP contribution in [-0.2, 0) is 0 Å². The van der Waals surface area contributed by atoms with Crippen LogP contribution in [0.25, 0.3) is 21.9 Å². The molecule has 0 aliphatic rings. The highest BCUT2D eigenvalue weighted by molar-refractivity contribution is 6.05. The Morgan fingerprint density at radius 2 is 1.33 bits per heavy atom. The lowest BCUT2D eigenvalue weighted by atomic mass is 9.95. The summed E-state index contributed by atoms with van der Waals surface area (Å²) in [6.07, 6.45) is 0.914. The van der Waals surface area contributed by atoms with Crippen molar-refractivity contribution in [2.24, 2.45) is 0 Å². The van der Waals surface area contributed by atoms with Gasteiger partial charge in [-0.2, -0.15) is 0 Å². The molecule has 0 unspecified atom stereocenters. The lowest BCUT2D eigenvalue weighted by Gasteiger charge is -2.08. The third-order valence-electron chi connectivity index (χ3n) is 3.17. The Bertz CT molecular complexity index is 699. The minimum absolute atomic E-state index is 0.741. The summed E-state index contributed by atoms with van der Waals surface area (Å²) in [5, 5.41) is 2.13. The first kappa shape index (κ1) is 10.7. The molecule has 0 heterocycles. The lowest BCUT2D eigenvalue weighted by molar-refractivity contribution is 0.112. The standard InChI is InChI=1S/C17H12O/c18-12-14-10-11-16(13-6-2-1-3-7-13)17-9-5-4-8-15(14)17/h1-12H. The van der Waals surface area contributed by atoms with Crippen LogP contribution >= 0.6 is 0 Å². The topological polar surface area (TPSA) is 17.1 Å². The van der Waals surface area contributed by atoms with Crippen molar-refractivity contribution >= 4 is 17.1 Å². The lowest BCUT2D eigenvalue weighted by Crippen LogP contribution is -1.86. The summed E-state index contributed by atoms with van der Waals surface area (Å²) in [6.45, 7) is 0. The van der Waals surface area contributed by atoms with Crippen molar-refractivity contribution in [3.8, 4) is 11.1 Å². The molecule has 0 spiro atoms.